The number of carbonyl (C=O) groups excluding carboxylic acids is 4. The van der Waals surface area contributed by atoms with Crippen molar-refractivity contribution in [3.8, 4) is 5.88 Å². The Labute approximate surface area is 312 Å². The average molecular weight is 763 g/mol. The van der Waals surface area contributed by atoms with Crippen LogP contribution >= 0.6 is 0 Å². The molecule has 0 bridgehead atoms. The smallest absolute Gasteiger partial charge is 0.272 e. The SMILES string of the molecule is CCc1nc2cccc(F)c2nc1O[C@@H]1C[C@H]2C(=O)N[C@]3(C(=O)NS(=O)(=O)C4CC4)CC3/C=C\CCCCC[C@H](NC(=O)c3cnc(C)cn3)C(=O)N2C1. The molecule has 2 aliphatic carbocycles. The summed E-state index contributed by atoms with van der Waals surface area (Å²) in [6.07, 6.45) is 10.2. The molecule has 4 aliphatic rings. The fourth-order valence-electron chi connectivity index (χ4n) is 7.14. The Morgan fingerprint density at radius 1 is 1.09 bits per heavy atom. The first-order valence-corrected chi connectivity index (χ1v) is 20.0. The highest BCUT2D eigenvalue weighted by Crippen LogP contribution is 2.46. The molecule has 3 aromatic rings. The van der Waals surface area contributed by atoms with E-state index in [0.29, 0.717) is 49.0 Å². The molecule has 4 heterocycles. The number of nitrogens with one attached hydrogen (secondary N) is 3. The molecule has 3 N–H and O–H groups in total. The number of allylic oxidation sites excluding steroid dienone is 1. The number of rotatable bonds is 8. The van der Waals surface area contributed by atoms with Crippen molar-refractivity contribution in [2.24, 2.45) is 5.92 Å². The highest BCUT2D eigenvalue weighted by atomic mass is 32.2. The second-order valence-corrected chi connectivity index (χ2v) is 16.5. The summed E-state index contributed by atoms with van der Waals surface area (Å²) in [5, 5.41) is 4.99. The largest absolute Gasteiger partial charge is 0.471 e. The number of ether oxygens (including phenoxy) is 1. The van der Waals surface area contributed by atoms with Gasteiger partial charge in [0.05, 0.1) is 29.2 Å². The van der Waals surface area contributed by atoms with Crippen molar-refractivity contribution < 1.29 is 36.7 Å². The molecule has 2 saturated carbocycles. The van der Waals surface area contributed by atoms with E-state index in [-0.39, 0.29) is 42.9 Å². The van der Waals surface area contributed by atoms with Gasteiger partial charge in [-0.05, 0) is 64.0 Å². The molecule has 2 aliphatic heterocycles. The van der Waals surface area contributed by atoms with Crippen LogP contribution in [0.3, 0.4) is 0 Å². The highest BCUT2D eigenvalue weighted by Gasteiger charge is 2.62. The second-order valence-electron chi connectivity index (χ2n) is 14.5. The second kappa shape index (κ2) is 15.0. The van der Waals surface area contributed by atoms with Gasteiger partial charge in [0, 0.05) is 18.5 Å². The lowest BCUT2D eigenvalue weighted by molar-refractivity contribution is -0.141. The first kappa shape index (κ1) is 37.3. The number of hydrogen-bond acceptors (Lipinski definition) is 11. The van der Waals surface area contributed by atoms with Gasteiger partial charge in [0.25, 0.3) is 11.8 Å². The van der Waals surface area contributed by atoms with Gasteiger partial charge in [-0.25, -0.2) is 27.8 Å². The minimum absolute atomic E-state index is 0.00952. The molecule has 7 rings (SSSR count). The molecule has 0 spiro atoms. The molecule has 1 aromatic carbocycles. The zero-order chi connectivity index (χ0) is 38.2. The number of sulfonamides is 1. The first-order chi connectivity index (χ1) is 25.9. The lowest BCUT2D eigenvalue weighted by atomic mass is 10.0. The van der Waals surface area contributed by atoms with Crippen molar-refractivity contribution in [2.45, 2.75) is 107 Å². The predicted molar refractivity (Wildman–Crippen MR) is 193 cm³/mol. The number of benzene rings is 1. The average Bonchev–Trinajstić information content (AvgIpc) is 4.07. The number of hydrogen-bond donors (Lipinski definition) is 3. The van der Waals surface area contributed by atoms with Gasteiger partial charge in [-0.3, -0.25) is 28.9 Å². The summed E-state index contributed by atoms with van der Waals surface area (Å²) >= 11 is 0. The van der Waals surface area contributed by atoms with Gasteiger partial charge < -0.3 is 20.3 Å². The number of amides is 4. The molecule has 2 aromatic heterocycles. The molecular formula is C37H43FN8O7S. The Bertz CT molecular complexity index is 2110. The van der Waals surface area contributed by atoms with E-state index >= 15 is 0 Å². The molecule has 5 atom stereocenters. The van der Waals surface area contributed by atoms with Crippen LogP contribution in [0, 0.1) is 18.7 Å². The summed E-state index contributed by atoms with van der Waals surface area (Å²) in [4.78, 5) is 74.5. The van der Waals surface area contributed by atoms with Crippen LogP contribution < -0.4 is 20.1 Å². The van der Waals surface area contributed by atoms with Crippen molar-refractivity contribution in [3.05, 3.63) is 65.6 Å². The molecule has 15 nitrogen and oxygen atoms in total. The summed E-state index contributed by atoms with van der Waals surface area (Å²) in [7, 11) is -3.92. The van der Waals surface area contributed by atoms with Crippen molar-refractivity contribution in [1.82, 2.24) is 40.2 Å². The molecule has 17 heteroatoms. The van der Waals surface area contributed by atoms with Gasteiger partial charge >= 0.3 is 0 Å². The lowest BCUT2D eigenvalue weighted by Gasteiger charge is -2.29. The molecule has 286 valence electrons. The van der Waals surface area contributed by atoms with Crippen LogP contribution in [0.1, 0.15) is 86.6 Å². The summed E-state index contributed by atoms with van der Waals surface area (Å²) in [6.45, 7) is 3.47. The zero-order valence-electron chi connectivity index (χ0n) is 30.1. The van der Waals surface area contributed by atoms with E-state index in [1.807, 2.05) is 19.1 Å². The summed E-state index contributed by atoms with van der Waals surface area (Å²) < 4.78 is 48.9. The third kappa shape index (κ3) is 7.77. The van der Waals surface area contributed by atoms with Crippen LogP contribution in [0.4, 0.5) is 4.39 Å². The van der Waals surface area contributed by atoms with Crippen molar-refractivity contribution in [1.29, 1.82) is 0 Å². The fourth-order valence-corrected chi connectivity index (χ4v) is 8.50. The van der Waals surface area contributed by atoms with Crippen LogP contribution in [0.25, 0.3) is 11.0 Å². The normalized spacial score (nSPS) is 26.8. The Morgan fingerprint density at radius 2 is 1.91 bits per heavy atom. The van der Waals surface area contributed by atoms with Crippen LogP contribution in [0.15, 0.2) is 42.7 Å². The number of nitrogens with zero attached hydrogens (tertiary/aromatic N) is 5. The molecule has 54 heavy (non-hydrogen) atoms. The number of halogens is 1. The summed E-state index contributed by atoms with van der Waals surface area (Å²) in [5.41, 5.74) is -0.0905. The number of aryl methyl sites for hydroxylation is 2. The van der Waals surface area contributed by atoms with Crippen molar-refractivity contribution >= 4 is 44.7 Å². The topological polar surface area (TPSA) is 203 Å². The van der Waals surface area contributed by atoms with Crippen molar-refractivity contribution in [2.75, 3.05) is 6.54 Å². The number of para-hydroxylation sites is 1. The molecule has 4 amide bonds. The maximum Gasteiger partial charge on any atom is 0.272 e. The first-order valence-electron chi connectivity index (χ1n) is 18.4. The monoisotopic (exact) mass is 762 g/mol. The van der Waals surface area contributed by atoms with E-state index in [9.17, 15) is 32.0 Å². The number of fused-ring (bicyclic) bond motifs is 3. The van der Waals surface area contributed by atoms with E-state index in [1.165, 1.54) is 29.4 Å². The summed E-state index contributed by atoms with van der Waals surface area (Å²) in [5.74, 6) is -3.64. The van der Waals surface area contributed by atoms with E-state index in [2.05, 4.69) is 35.3 Å². The lowest BCUT2D eigenvalue weighted by Crippen LogP contribution is -2.58. The van der Waals surface area contributed by atoms with E-state index in [1.54, 1.807) is 13.0 Å². The third-order valence-electron chi connectivity index (χ3n) is 10.5. The van der Waals surface area contributed by atoms with Gasteiger partial charge in [0.15, 0.2) is 5.82 Å². The molecule has 3 fully saturated rings. The quantitative estimate of drug-likeness (QED) is 0.285. The zero-order valence-corrected chi connectivity index (χ0v) is 30.9. The third-order valence-corrected chi connectivity index (χ3v) is 12.3. The Balaban J connectivity index is 1.21. The van der Waals surface area contributed by atoms with Crippen LogP contribution in [-0.2, 0) is 30.8 Å². The van der Waals surface area contributed by atoms with E-state index < -0.39 is 74.4 Å². The van der Waals surface area contributed by atoms with Gasteiger partial charge in [0.2, 0.25) is 27.7 Å². The highest BCUT2D eigenvalue weighted by molar-refractivity contribution is 7.91. The Kier molecular flexibility index (Phi) is 10.3. The summed E-state index contributed by atoms with van der Waals surface area (Å²) in [6, 6.07) is 2.21. The van der Waals surface area contributed by atoms with Crippen LogP contribution in [0.2, 0.25) is 0 Å². The number of aromatic nitrogens is 4. The number of carbonyl (C=O) groups is 4. The van der Waals surface area contributed by atoms with Gasteiger partial charge in [-0.15, -0.1) is 0 Å². The fraction of sp³-hybridized carbons (Fsp3) is 0.514. The molecule has 1 saturated heterocycles. The van der Waals surface area contributed by atoms with Crippen LogP contribution in [0.5, 0.6) is 5.88 Å². The van der Waals surface area contributed by atoms with Gasteiger partial charge in [-0.2, -0.15) is 0 Å². The minimum atomic E-state index is -3.92. The molecular weight excluding hydrogens is 720 g/mol. The van der Waals surface area contributed by atoms with Gasteiger partial charge in [0.1, 0.15) is 40.6 Å². The Hall–Kier alpha value is -5.06. The minimum Gasteiger partial charge on any atom is -0.471 e. The predicted octanol–water partition coefficient (Wildman–Crippen LogP) is 2.58. The maximum absolute atomic E-state index is 14.8. The maximum atomic E-state index is 14.8. The standard InChI is InChI=1S/C37H43FN8O7S/c1-3-26-34(43-31-25(38)11-9-13-27(31)41-26)53-23-16-30-33(48)44-37(36(50)45-54(51,52)24-14-15-24)17-22(37)10-7-5-4-6-8-12-28(35(49)46(30)20-23)42-32(47)29-19-39-21(2)18-40-29/h7,9-11,13,18-19,22-24,28,30H,3-6,8,12,14-17,20H2,1-2H3,(H,42,47)(H,44,48)(H,45,50)/b10-7-/t22?,23-,28+,30+,37-/m1/s1. The van der Waals surface area contributed by atoms with Crippen LogP contribution in [-0.4, -0.2) is 92.4 Å². The Morgan fingerprint density at radius 3 is 2.65 bits per heavy atom. The van der Waals surface area contributed by atoms with Gasteiger partial charge in [-0.1, -0.05) is 38.0 Å². The van der Waals surface area contributed by atoms with E-state index in [4.69, 9.17) is 4.74 Å². The molecule has 0 radical (unpaired) electrons. The van der Waals surface area contributed by atoms with E-state index in [0.717, 1.165) is 12.8 Å². The van der Waals surface area contributed by atoms with Crippen molar-refractivity contribution in [3.63, 3.8) is 0 Å². The molecule has 1 unspecified atom stereocenters.